The van der Waals surface area contributed by atoms with Crippen LogP contribution < -0.4 is 15.9 Å². The quantitative estimate of drug-likeness (QED) is 0.325. The fourth-order valence-electron chi connectivity index (χ4n) is 2.66. The first-order valence-electron chi connectivity index (χ1n) is 8.62. The summed E-state index contributed by atoms with van der Waals surface area (Å²) in [6.45, 7) is 3.39. The molecule has 6 N–H and O–H groups in total. The summed E-state index contributed by atoms with van der Waals surface area (Å²) in [7, 11) is 0. The zero-order valence-corrected chi connectivity index (χ0v) is 15.5. The summed E-state index contributed by atoms with van der Waals surface area (Å²) in [6.07, 6.45) is 0. The summed E-state index contributed by atoms with van der Waals surface area (Å²) in [6, 6.07) is 4.59. The predicted octanol–water partition coefficient (Wildman–Crippen LogP) is 2.17. The van der Waals surface area contributed by atoms with E-state index in [2.05, 4.69) is 0 Å². The summed E-state index contributed by atoms with van der Waals surface area (Å²) in [4.78, 5) is 25.4. The molecule has 1 atom stereocenters. The number of ether oxygens (including phenoxy) is 1. The van der Waals surface area contributed by atoms with Gasteiger partial charge >= 0.3 is 5.97 Å². The highest BCUT2D eigenvalue weighted by molar-refractivity contribution is 5.90. The molecule has 0 aliphatic heterocycles. The van der Waals surface area contributed by atoms with E-state index in [-0.39, 0.29) is 34.0 Å². The number of carbonyl (C=O) groups is 1. The molecular weight excluding hydrogens is 382 g/mol. The molecule has 0 aliphatic rings. The number of esters is 1. The number of hydrogen-bond acceptors (Lipinski definition) is 9. The molecule has 152 valence electrons. The van der Waals surface area contributed by atoms with Crippen LogP contribution in [0.5, 0.6) is 28.7 Å². The van der Waals surface area contributed by atoms with Crippen molar-refractivity contribution in [3.05, 3.63) is 40.6 Å². The van der Waals surface area contributed by atoms with Crippen LogP contribution in [0.25, 0.3) is 22.3 Å². The lowest BCUT2D eigenvalue weighted by Gasteiger charge is -2.16. The number of phenols is 4. The molecule has 9 nitrogen and oxygen atoms in total. The van der Waals surface area contributed by atoms with Gasteiger partial charge in [-0.25, -0.2) is 4.79 Å². The fourth-order valence-corrected chi connectivity index (χ4v) is 2.66. The van der Waals surface area contributed by atoms with E-state index in [1.807, 2.05) is 0 Å². The largest absolute Gasteiger partial charge is 0.508 e. The molecule has 0 aliphatic carbocycles. The molecule has 0 saturated heterocycles. The van der Waals surface area contributed by atoms with Crippen molar-refractivity contribution < 1.29 is 34.4 Å². The van der Waals surface area contributed by atoms with E-state index in [1.165, 1.54) is 6.07 Å². The van der Waals surface area contributed by atoms with Gasteiger partial charge in [-0.05, 0) is 24.1 Å². The van der Waals surface area contributed by atoms with E-state index in [4.69, 9.17) is 14.9 Å². The Kier molecular flexibility index (Phi) is 5.08. The van der Waals surface area contributed by atoms with Gasteiger partial charge in [-0.15, -0.1) is 0 Å². The van der Waals surface area contributed by atoms with Crippen LogP contribution in [0.15, 0.2) is 39.5 Å². The van der Waals surface area contributed by atoms with Crippen LogP contribution in [-0.2, 0) is 4.79 Å². The molecule has 2 aromatic carbocycles. The molecule has 0 saturated carbocycles. The smallest absolute Gasteiger partial charge is 0.328 e. The summed E-state index contributed by atoms with van der Waals surface area (Å²) >= 11 is 0. The van der Waals surface area contributed by atoms with Gasteiger partial charge in [0, 0.05) is 17.7 Å². The third-order valence-corrected chi connectivity index (χ3v) is 4.35. The molecule has 3 rings (SSSR count). The zero-order valence-electron chi connectivity index (χ0n) is 15.5. The van der Waals surface area contributed by atoms with Crippen molar-refractivity contribution in [2.24, 2.45) is 11.7 Å². The van der Waals surface area contributed by atoms with E-state index < -0.39 is 40.4 Å². The van der Waals surface area contributed by atoms with Gasteiger partial charge in [-0.2, -0.15) is 0 Å². The summed E-state index contributed by atoms with van der Waals surface area (Å²) in [5.74, 6) is -3.82. The van der Waals surface area contributed by atoms with Crippen molar-refractivity contribution in [1.82, 2.24) is 0 Å². The molecule has 0 fully saturated rings. The summed E-state index contributed by atoms with van der Waals surface area (Å²) in [5.41, 5.74) is 4.83. The predicted molar refractivity (Wildman–Crippen MR) is 103 cm³/mol. The second-order valence-corrected chi connectivity index (χ2v) is 6.82. The maximum atomic E-state index is 13.0. The number of nitrogens with two attached hydrogens (primary N) is 1. The van der Waals surface area contributed by atoms with E-state index in [1.54, 1.807) is 13.8 Å². The molecule has 0 bridgehead atoms. The molecule has 1 aromatic heterocycles. The highest BCUT2D eigenvalue weighted by Gasteiger charge is 2.26. The number of hydrogen-bond donors (Lipinski definition) is 5. The highest BCUT2D eigenvalue weighted by atomic mass is 16.5. The molecule has 0 amide bonds. The van der Waals surface area contributed by atoms with Crippen molar-refractivity contribution >= 4 is 16.9 Å². The van der Waals surface area contributed by atoms with E-state index >= 15 is 0 Å². The first kappa shape index (κ1) is 20.0. The van der Waals surface area contributed by atoms with Gasteiger partial charge < -0.3 is 35.3 Å². The maximum absolute atomic E-state index is 13.0. The Morgan fingerprint density at radius 1 is 1.03 bits per heavy atom. The van der Waals surface area contributed by atoms with Crippen LogP contribution >= 0.6 is 0 Å². The highest BCUT2D eigenvalue weighted by Crippen LogP contribution is 2.38. The fraction of sp³-hybridized carbons (Fsp3) is 0.200. The normalized spacial score (nSPS) is 12.3. The van der Waals surface area contributed by atoms with E-state index in [9.17, 15) is 30.0 Å². The zero-order chi connectivity index (χ0) is 21.5. The van der Waals surface area contributed by atoms with Crippen molar-refractivity contribution in [3.8, 4) is 40.1 Å². The minimum Gasteiger partial charge on any atom is -0.508 e. The molecule has 29 heavy (non-hydrogen) atoms. The molecule has 0 radical (unpaired) electrons. The average molecular weight is 401 g/mol. The van der Waals surface area contributed by atoms with Gasteiger partial charge in [0.15, 0.2) is 17.3 Å². The lowest BCUT2D eigenvalue weighted by molar-refractivity contribution is -0.136. The van der Waals surface area contributed by atoms with Crippen molar-refractivity contribution in [2.75, 3.05) is 0 Å². The molecular formula is C20H19NO8. The molecule has 0 unspecified atom stereocenters. The van der Waals surface area contributed by atoms with E-state index in [0.717, 1.165) is 24.3 Å². The van der Waals surface area contributed by atoms with Crippen LogP contribution in [-0.4, -0.2) is 32.4 Å². The number of phenolic OH excluding ortho intramolecular Hbond substituents is 4. The monoisotopic (exact) mass is 401 g/mol. The van der Waals surface area contributed by atoms with Crippen LogP contribution in [0, 0.1) is 5.92 Å². The SMILES string of the molecule is CC(C)[C@H](N)C(=O)Oc1c(-c2ccc(O)c(O)c2)oc2cc(O)cc(O)c2c1=O. The topological polar surface area (TPSA) is 163 Å². The third kappa shape index (κ3) is 3.67. The minimum atomic E-state index is -1.03. The van der Waals surface area contributed by atoms with Gasteiger partial charge in [0.2, 0.25) is 11.2 Å². The second-order valence-electron chi connectivity index (χ2n) is 6.82. The van der Waals surface area contributed by atoms with Crippen molar-refractivity contribution in [2.45, 2.75) is 19.9 Å². The Labute approximate surface area is 164 Å². The number of fused-ring (bicyclic) bond motifs is 1. The van der Waals surface area contributed by atoms with Gasteiger partial charge in [0.05, 0.1) is 0 Å². The Bertz CT molecular complexity index is 1170. The first-order chi connectivity index (χ1) is 13.6. The molecule has 1 heterocycles. The summed E-state index contributed by atoms with van der Waals surface area (Å²) < 4.78 is 10.9. The van der Waals surface area contributed by atoms with Crippen LogP contribution in [0.2, 0.25) is 0 Å². The average Bonchev–Trinajstić information content (AvgIpc) is 2.64. The Balaban J connectivity index is 2.30. The lowest BCUT2D eigenvalue weighted by Crippen LogP contribution is -2.39. The van der Waals surface area contributed by atoms with Crippen LogP contribution in [0.3, 0.4) is 0 Å². The number of carbonyl (C=O) groups excluding carboxylic acids is 1. The lowest BCUT2D eigenvalue weighted by atomic mass is 10.1. The van der Waals surface area contributed by atoms with Crippen LogP contribution in [0.4, 0.5) is 0 Å². The number of benzene rings is 2. The standard InChI is InChI=1S/C20H19NO8/c1-8(2)16(21)20(27)29-19-17(26)15-13(25)6-10(22)7-14(15)28-18(19)9-3-4-11(23)12(24)5-9/h3-8,16,22-25H,21H2,1-2H3/t16-/m0/s1. The number of rotatable bonds is 4. The van der Waals surface area contributed by atoms with Gasteiger partial charge in [-0.3, -0.25) is 4.79 Å². The third-order valence-electron chi connectivity index (χ3n) is 4.35. The van der Waals surface area contributed by atoms with Crippen molar-refractivity contribution in [1.29, 1.82) is 0 Å². The van der Waals surface area contributed by atoms with Crippen LogP contribution in [0.1, 0.15) is 13.8 Å². The molecule has 3 aromatic rings. The Morgan fingerprint density at radius 2 is 1.72 bits per heavy atom. The maximum Gasteiger partial charge on any atom is 0.328 e. The molecule has 9 heteroatoms. The van der Waals surface area contributed by atoms with Gasteiger partial charge in [-0.1, -0.05) is 13.8 Å². The van der Waals surface area contributed by atoms with Gasteiger partial charge in [0.1, 0.15) is 28.5 Å². The molecule has 0 spiro atoms. The summed E-state index contributed by atoms with van der Waals surface area (Å²) in [5, 5.41) is 38.8. The second kappa shape index (κ2) is 7.36. The Hall–Kier alpha value is -3.72. The van der Waals surface area contributed by atoms with E-state index in [0.29, 0.717) is 0 Å². The Morgan fingerprint density at radius 3 is 2.34 bits per heavy atom. The van der Waals surface area contributed by atoms with Crippen molar-refractivity contribution in [3.63, 3.8) is 0 Å². The minimum absolute atomic E-state index is 0.100. The first-order valence-corrected chi connectivity index (χ1v) is 8.62. The number of aromatic hydroxyl groups is 4. The van der Waals surface area contributed by atoms with Gasteiger partial charge in [0.25, 0.3) is 0 Å².